The van der Waals surface area contributed by atoms with E-state index in [4.69, 9.17) is 0 Å². The summed E-state index contributed by atoms with van der Waals surface area (Å²) >= 11 is 0. The van der Waals surface area contributed by atoms with Crippen LogP contribution in [0.15, 0.2) is 231 Å². The summed E-state index contributed by atoms with van der Waals surface area (Å²) in [6, 6.07) is 81.1. The van der Waals surface area contributed by atoms with Crippen molar-refractivity contribution in [2.24, 2.45) is 0 Å². The molecule has 20 rings (SSSR count). The van der Waals surface area contributed by atoms with Gasteiger partial charge in [-0.15, -0.1) is 0 Å². The standard InChI is InChI=1S/C21H22N.C20H20N.C19H18N.C18H16N.C17H13FN/c1-4-5-16-6-7-17-8-9-20-18-11-14(2)10-15(3)19(18)13-22(20)21(17)12-16;1-13(2)15-8-9-18-16(10-15)12-21-11-14(3)17-6-4-5-7-19(17)20(18)21;1-12-9-14(3)17-11-20-18-6-4-5-13(2)15(18)7-8-19(20)16(17)10-12;1-12-9-15-11-19-17-6-4-3-5-14(17)7-8-18(19)16(15)10-13(12)2;1-11-5-6-12-10-19-16-4-2-3-15(18)13(16)7-8-17(19)14(12)9-11/h6-12H,4-5,13H2,1-3H3;4-11,13H,12H2,1-3H3;4-10H,11H2,1-3H3;3-10H,11H2,1-2H3;2-9H,10H2,1H3/q5*+1. The van der Waals surface area contributed by atoms with Crippen LogP contribution in [0.25, 0.3) is 111 Å². The Labute approximate surface area is 594 Å². The maximum Gasteiger partial charge on any atom is 0.221 e. The van der Waals surface area contributed by atoms with Crippen molar-refractivity contribution in [3.05, 3.63) is 325 Å². The minimum Gasteiger partial charge on any atom is -0.206 e. The number of fused-ring (bicyclic) bond motifs is 25. The average Bonchev–Trinajstić information content (AvgIpc) is 1.66. The number of nitrogens with zero attached hydrogens (tertiary/aromatic N) is 5. The van der Waals surface area contributed by atoms with Gasteiger partial charge in [0.25, 0.3) is 0 Å². The molecule has 0 bridgehead atoms. The lowest BCUT2D eigenvalue weighted by Crippen LogP contribution is -2.33. The molecule has 0 aliphatic carbocycles. The molecule has 0 amide bonds. The highest BCUT2D eigenvalue weighted by Crippen LogP contribution is 2.39. The van der Waals surface area contributed by atoms with Crippen molar-refractivity contribution in [2.75, 3.05) is 0 Å². The van der Waals surface area contributed by atoms with Gasteiger partial charge in [0.1, 0.15) is 5.82 Å². The fourth-order valence-corrected chi connectivity index (χ4v) is 16.8. The van der Waals surface area contributed by atoms with E-state index in [1.807, 2.05) is 18.2 Å². The smallest absolute Gasteiger partial charge is 0.206 e. The Bertz CT molecular complexity index is 5930. The van der Waals surface area contributed by atoms with Crippen LogP contribution in [-0.4, -0.2) is 0 Å². The first kappa shape index (κ1) is 64.8. The van der Waals surface area contributed by atoms with E-state index in [0.717, 1.165) is 44.7 Å². The molecule has 0 saturated heterocycles. The Hall–Kier alpha value is -10.8. The second-order valence-corrected chi connectivity index (χ2v) is 29.5. The number of pyridine rings is 5. The molecule has 5 aromatic heterocycles. The number of rotatable bonds is 3. The molecule has 10 heterocycles. The van der Waals surface area contributed by atoms with Crippen LogP contribution in [0.3, 0.4) is 0 Å². The van der Waals surface area contributed by atoms with E-state index in [-0.39, 0.29) is 5.82 Å². The normalized spacial score (nSPS) is 12.6. The van der Waals surface area contributed by atoms with Gasteiger partial charge in [0, 0.05) is 98.1 Å². The van der Waals surface area contributed by atoms with E-state index in [2.05, 4.69) is 306 Å². The summed E-state index contributed by atoms with van der Waals surface area (Å²) in [6.07, 6.45) is 4.65. The molecule has 496 valence electrons. The fraction of sp³-hybridized carbons (Fsp3) is 0.211. The highest BCUT2D eigenvalue weighted by atomic mass is 19.1. The molecule has 0 atom stereocenters. The summed E-state index contributed by atoms with van der Waals surface area (Å²) in [5, 5.41) is 7.44. The van der Waals surface area contributed by atoms with Crippen LogP contribution in [0.2, 0.25) is 0 Å². The number of para-hydroxylation sites is 1. The van der Waals surface area contributed by atoms with Gasteiger partial charge in [-0.25, -0.2) is 4.39 Å². The maximum absolute atomic E-state index is 13.8. The summed E-state index contributed by atoms with van der Waals surface area (Å²) < 4.78 is 25.8. The van der Waals surface area contributed by atoms with Gasteiger partial charge < -0.3 is 0 Å². The molecular formula is C95H89FN5+5. The van der Waals surface area contributed by atoms with E-state index >= 15 is 0 Å². The number of aryl methyl sites for hydroxylation is 10. The predicted octanol–water partition coefficient (Wildman–Crippen LogP) is 20.8. The Morgan fingerprint density at radius 2 is 0.891 bits per heavy atom. The van der Waals surface area contributed by atoms with E-state index < -0.39 is 0 Å². The third-order valence-electron chi connectivity index (χ3n) is 22.1. The monoisotopic (exact) mass is 1320 g/mol. The third-order valence-corrected chi connectivity index (χ3v) is 22.1. The molecule has 0 fully saturated rings. The van der Waals surface area contributed by atoms with Gasteiger partial charge in [0.2, 0.25) is 50.5 Å². The van der Waals surface area contributed by atoms with Gasteiger partial charge in [-0.2, -0.15) is 22.8 Å². The van der Waals surface area contributed by atoms with Gasteiger partial charge in [-0.3, -0.25) is 0 Å². The Balaban J connectivity index is 0.0000000981. The van der Waals surface area contributed by atoms with Crippen molar-refractivity contribution in [3.63, 3.8) is 0 Å². The first-order valence-electron chi connectivity index (χ1n) is 36.3. The van der Waals surface area contributed by atoms with Crippen LogP contribution in [-0.2, 0) is 39.1 Å². The molecule has 101 heavy (non-hydrogen) atoms. The molecule has 6 heteroatoms. The number of hydrogen-bond acceptors (Lipinski definition) is 0. The first-order chi connectivity index (χ1) is 48.9. The Kier molecular flexibility index (Phi) is 16.7. The Morgan fingerprint density at radius 1 is 0.347 bits per heavy atom. The molecule has 5 aliphatic rings. The lowest BCUT2D eigenvalue weighted by atomic mass is 9.96. The minimum atomic E-state index is -0.153. The molecule has 0 spiro atoms. The fourth-order valence-electron chi connectivity index (χ4n) is 16.8. The van der Waals surface area contributed by atoms with E-state index in [0.29, 0.717) is 11.3 Å². The summed E-state index contributed by atoms with van der Waals surface area (Å²) in [6.45, 7) is 31.3. The molecule has 5 nitrogen and oxygen atoms in total. The van der Waals surface area contributed by atoms with Gasteiger partial charge in [0.15, 0.2) is 38.9 Å². The number of benzene rings is 10. The van der Waals surface area contributed by atoms with Crippen LogP contribution < -0.4 is 22.8 Å². The van der Waals surface area contributed by atoms with Crippen molar-refractivity contribution in [2.45, 2.75) is 135 Å². The molecule has 0 N–H and O–H groups in total. The van der Waals surface area contributed by atoms with E-state index in [1.54, 1.807) is 6.07 Å². The lowest BCUT2D eigenvalue weighted by molar-refractivity contribution is -0.671. The summed E-state index contributed by atoms with van der Waals surface area (Å²) in [7, 11) is 0. The maximum atomic E-state index is 13.8. The zero-order valence-corrected chi connectivity index (χ0v) is 60.6. The van der Waals surface area contributed by atoms with E-state index in [1.165, 1.54) is 201 Å². The average molecular weight is 1320 g/mol. The molecule has 0 saturated carbocycles. The largest absolute Gasteiger partial charge is 0.221 e. The molecule has 0 radical (unpaired) electrons. The molecule has 15 aromatic rings. The third kappa shape index (κ3) is 11.7. The second kappa shape index (κ2) is 26.0. The summed E-state index contributed by atoms with van der Waals surface area (Å²) in [4.78, 5) is 0. The number of hydrogen-bond donors (Lipinski definition) is 0. The van der Waals surface area contributed by atoms with E-state index in [9.17, 15) is 4.39 Å². The predicted molar refractivity (Wildman–Crippen MR) is 414 cm³/mol. The molecular weight excluding hydrogens is 1230 g/mol. The van der Waals surface area contributed by atoms with Crippen LogP contribution in [0.4, 0.5) is 4.39 Å². The van der Waals surface area contributed by atoms with Crippen molar-refractivity contribution in [1.29, 1.82) is 0 Å². The number of aromatic nitrogens is 5. The summed E-state index contributed by atoms with van der Waals surface area (Å²) in [5.41, 5.74) is 40.8. The second-order valence-electron chi connectivity index (χ2n) is 29.5. The molecule has 5 aliphatic heterocycles. The molecule has 10 aromatic carbocycles. The lowest BCUT2D eigenvalue weighted by Gasteiger charge is -2.06. The number of halogens is 1. The summed E-state index contributed by atoms with van der Waals surface area (Å²) in [5.74, 6) is 0.433. The Morgan fingerprint density at radius 3 is 1.60 bits per heavy atom. The first-order valence-corrected chi connectivity index (χ1v) is 36.3. The van der Waals surface area contributed by atoms with Gasteiger partial charge >= 0.3 is 0 Å². The zero-order chi connectivity index (χ0) is 69.6. The molecule has 0 unspecified atom stereocenters. The van der Waals surface area contributed by atoms with Gasteiger partial charge in [-0.05, 0) is 221 Å². The van der Waals surface area contributed by atoms with Crippen molar-refractivity contribution in [1.82, 2.24) is 0 Å². The van der Waals surface area contributed by atoms with Crippen LogP contribution in [0.5, 0.6) is 0 Å². The van der Waals surface area contributed by atoms with Gasteiger partial charge in [0.05, 0.1) is 38.6 Å². The topological polar surface area (TPSA) is 19.4 Å². The van der Waals surface area contributed by atoms with Crippen LogP contribution in [0, 0.1) is 68.1 Å². The van der Waals surface area contributed by atoms with Gasteiger partial charge in [-0.1, -0.05) is 118 Å². The van der Waals surface area contributed by atoms with Crippen molar-refractivity contribution < 1.29 is 27.2 Å². The van der Waals surface area contributed by atoms with Crippen LogP contribution >= 0.6 is 0 Å². The zero-order valence-electron chi connectivity index (χ0n) is 60.6. The SMILES string of the molecule is CCCc1ccc2ccc3[n+](c2c1)Cc1c(C)cc(C)cc1-3.Cc1c[n+]2c(c3ccccc13)-c1ccc(C(C)C)cc1C2.Cc1cc(C)c2c(c1)-c1ccc3c(C)cccc3[n+]1C2.Cc1cc2c(cc1C)-c1ccc3ccccc3[n+]1C2.Cc1ccc2c(c1)-c1ccc3c(F)cccc3[n+]1C2. The van der Waals surface area contributed by atoms with Crippen molar-refractivity contribution >= 4 is 54.4 Å². The minimum absolute atomic E-state index is 0.153. The van der Waals surface area contributed by atoms with Crippen LogP contribution in [0.1, 0.15) is 122 Å². The van der Waals surface area contributed by atoms with Crippen molar-refractivity contribution in [3.8, 4) is 56.3 Å². The quantitative estimate of drug-likeness (QED) is 0.157. The highest BCUT2D eigenvalue weighted by Gasteiger charge is 2.35. The highest BCUT2D eigenvalue weighted by molar-refractivity contribution is 5.96.